The second kappa shape index (κ2) is 5.69. The van der Waals surface area contributed by atoms with Crippen LogP contribution in [-0.2, 0) is 21.2 Å². The van der Waals surface area contributed by atoms with Gasteiger partial charge in [0.15, 0.2) is 0 Å². The quantitative estimate of drug-likeness (QED) is 0.659. The van der Waals surface area contributed by atoms with Crippen LogP contribution in [0.2, 0.25) is 0 Å². The first-order valence-corrected chi connectivity index (χ1v) is 8.78. The van der Waals surface area contributed by atoms with E-state index in [0.29, 0.717) is 22.5 Å². The molecule has 9 heteroatoms. The molecule has 0 radical (unpaired) electrons. The number of hydrogen-bond donors (Lipinski definition) is 2. The third-order valence-corrected chi connectivity index (χ3v) is 5.37. The van der Waals surface area contributed by atoms with Gasteiger partial charge in [-0.3, -0.25) is 9.59 Å². The number of benzene rings is 2. The minimum absolute atomic E-state index is 0.0818. The molecule has 0 aliphatic carbocycles. The van der Waals surface area contributed by atoms with E-state index in [2.05, 4.69) is 15.7 Å². The minimum atomic E-state index is -4.45. The van der Waals surface area contributed by atoms with Gasteiger partial charge >= 0.3 is 6.18 Å². The van der Waals surface area contributed by atoms with Gasteiger partial charge in [-0.2, -0.15) is 18.3 Å². The molecule has 1 spiro atoms. The zero-order valence-electron chi connectivity index (χ0n) is 14.7. The van der Waals surface area contributed by atoms with E-state index in [1.165, 1.54) is 23.0 Å². The molecule has 0 saturated heterocycles. The lowest BCUT2D eigenvalue weighted by Gasteiger charge is -2.31. The number of aromatic nitrogens is 2. The van der Waals surface area contributed by atoms with Crippen molar-refractivity contribution >= 4 is 23.3 Å². The van der Waals surface area contributed by atoms with Gasteiger partial charge in [0.05, 0.1) is 17.4 Å². The maximum absolute atomic E-state index is 13.0. The number of para-hydroxylation sites is 1. The molecule has 2 aliphatic heterocycles. The summed E-state index contributed by atoms with van der Waals surface area (Å²) in [6, 6.07) is 11.5. The van der Waals surface area contributed by atoms with Crippen LogP contribution in [0.4, 0.5) is 24.7 Å². The molecule has 2 aromatic carbocycles. The van der Waals surface area contributed by atoms with Gasteiger partial charge in [0, 0.05) is 17.7 Å². The standard InChI is InChI=1S/C20H13F3N4O2/c21-20(22,23)11-5-7-12(8-6-11)27-17-14(10-24-27)19(9-16(28)26-17)13-3-1-2-4-15(13)25-18(19)29/h1-8,10H,9H2,(H,25,29)(H,26,28)/t19-/m0/s1. The Kier molecular flexibility index (Phi) is 3.43. The summed E-state index contributed by atoms with van der Waals surface area (Å²) in [5, 5.41) is 9.79. The molecular formula is C20H13F3N4O2. The number of halogens is 3. The molecule has 0 bridgehead atoms. The van der Waals surface area contributed by atoms with Gasteiger partial charge in [-0.25, -0.2) is 4.68 Å². The second-order valence-corrected chi connectivity index (χ2v) is 6.99. The van der Waals surface area contributed by atoms with Crippen molar-refractivity contribution in [2.45, 2.75) is 18.0 Å². The van der Waals surface area contributed by atoms with E-state index in [1.54, 1.807) is 24.3 Å². The molecule has 5 rings (SSSR count). The fraction of sp³-hybridized carbons (Fsp3) is 0.150. The van der Waals surface area contributed by atoms with Crippen molar-refractivity contribution in [1.82, 2.24) is 9.78 Å². The Hall–Kier alpha value is -3.62. The number of hydrogen-bond acceptors (Lipinski definition) is 3. The molecule has 0 unspecified atom stereocenters. The molecule has 146 valence electrons. The summed E-state index contributed by atoms with van der Waals surface area (Å²) in [6.07, 6.45) is -3.05. The van der Waals surface area contributed by atoms with E-state index in [0.717, 1.165) is 12.1 Å². The van der Waals surface area contributed by atoms with E-state index in [4.69, 9.17) is 0 Å². The first kappa shape index (κ1) is 17.5. The van der Waals surface area contributed by atoms with E-state index in [1.807, 2.05) is 0 Å². The Morgan fingerprint density at radius 1 is 0.966 bits per heavy atom. The highest BCUT2D eigenvalue weighted by Crippen LogP contribution is 2.50. The number of nitrogens with one attached hydrogen (secondary N) is 2. The summed E-state index contributed by atoms with van der Waals surface area (Å²) >= 11 is 0. The maximum atomic E-state index is 13.0. The Balaban J connectivity index is 1.67. The smallest absolute Gasteiger partial charge is 0.325 e. The van der Waals surface area contributed by atoms with Crippen molar-refractivity contribution in [2.24, 2.45) is 0 Å². The summed E-state index contributed by atoms with van der Waals surface area (Å²) < 4.78 is 39.9. The molecule has 2 N–H and O–H groups in total. The van der Waals surface area contributed by atoms with Crippen LogP contribution >= 0.6 is 0 Å². The maximum Gasteiger partial charge on any atom is 0.416 e. The van der Waals surface area contributed by atoms with Gasteiger partial charge in [-0.15, -0.1) is 0 Å². The summed E-state index contributed by atoms with van der Waals surface area (Å²) in [7, 11) is 0. The highest BCUT2D eigenvalue weighted by atomic mass is 19.4. The van der Waals surface area contributed by atoms with Crippen molar-refractivity contribution in [3.8, 4) is 5.69 Å². The summed E-state index contributed by atoms with van der Waals surface area (Å²) in [4.78, 5) is 25.5. The van der Waals surface area contributed by atoms with Crippen molar-refractivity contribution in [1.29, 1.82) is 0 Å². The van der Waals surface area contributed by atoms with Gasteiger partial charge in [-0.05, 0) is 35.9 Å². The summed E-state index contributed by atoms with van der Waals surface area (Å²) in [5.41, 5.74) is 0.126. The Labute approximate surface area is 162 Å². The summed E-state index contributed by atoms with van der Waals surface area (Å²) in [6.45, 7) is 0. The lowest BCUT2D eigenvalue weighted by atomic mass is 9.72. The van der Waals surface area contributed by atoms with Crippen molar-refractivity contribution in [3.05, 3.63) is 71.4 Å². The van der Waals surface area contributed by atoms with E-state index in [-0.39, 0.29) is 24.1 Å². The van der Waals surface area contributed by atoms with Crippen LogP contribution in [0, 0.1) is 0 Å². The summed E-state index contributed by atoms with van der Waals surface area (Å²) in [5.74, 6) is -0.437. The predicted molar refractivity (Wildman–Crippen MR) is 97.7 cm³/mol. The average Bonchev–Trinajstić information content (AvgIpc) is 3.22. The normalized spacial score (nSPS) is 20.2. The van der Waals surface area contributed by atoms with Gasteiger partial charge in [0.25, 0.3) is 0 Å². The molecule has 1 atom stereocenters. The molecule has 29 heavy (non-hydrogen) atoms. The molecule has 2 amide bonds. The molecule has 0 fully saturated rings. The van der Waals surface area contributed by atoms with E-state index in [9.17, 15) is 22.8 Å². The molecule has 6 nitrogen and oxygen atoms in total. The van der Waals surface area contributed by atoms with Gasteiger partial charge in [-0.1, -0.05) is 18.2 Å². The number of fused-ring (bicyclic) bond motifs is 4. The van der Waals surface area contributed by atoms with Crippen LogP contribution in [0.1, 0.15) is 23.1 Å². The highest BCUT2D eigenvalue weighted by Gasteiger charge is 2.54. The highest BCUT2D eigenvalue weighted by molar-refractivity contribution is 6.14. The topological polar surface area (TPSA) is 76.0 Å². The molecule has 0 saturated carbocycles. The second-order valence-electron chi connectivity index (χ2n) is 6.99. The van der Waals surface area contributed by atoms with Crippen LogP contribution in [0.25, 0.3) is 5.69 Å². The number of amides is 2. The Morgan fingerprint density at radius 3 is 2.41 bits per heavy atom. The SMILES string of the molecule is O=C1C[C@@]2(C(=O)Nc3ccccc32)c2cnn(-c3ccc(C(F)(F)F)cc3)c2N1. The fourth-order valence-corrected chi connectivity index (χ4v) is 4.04. The predicted octanol–water partition coefficient (Wildman–Crippen LogP) is 3.47. The van der Waals surface area contributed by atoms with Crippen molar-refractivity contribution in [3.63, 3.8) is 0 Å². The lowest BCUT2D eigenvalue weighted by molar-refractivity contribution is -0.137. The number of carbonyl (C=O) groups is 2. The van der Waals surface area contributed by atoms with Crippen LogP contribution in [0.15, 0.2) is 54.7 Å². The Bertz CT molecular complexity index is 1170. The number of nitrogens with zero attached hydrogens (tertiary/aromatic N) is 2. The Morgan fingerprint density at radius 2 is 1.69 bits per heavy atom. The van der Waals surface area contributed by atoms with Gasteiger partial charge < -0.3 is 10.6 Å². The third-order valence-electron chi connectivity index (χ3n) is 5.37. The number of rotatable bonds is 1. The van der Waals surface area contributed by atoms with Gasteiger partial charge in [0.1, 0.15) is 11.2 Å². The zero-order valence-corrected chi connectivity index (χ0v) is 14.7. The minimum Gasteiger partial charge on any atom is -0.325 e. The third kappa shape index (κ3) is 2.40. The molecule has 2 aliphatic rings. The van der Waals surface area contributed by atoms with Gasteiger partial charge in [0.2, 0.25) is 11.8 Å². The van der Waals surface area contributed by atoms with Crippen LogP contribution in [0.5, 0.6) is 0 Å². The monoisotopic (exact) mass is 398 g/mol. The zero-order chi connectivity index (χ0) is 20.4. The number of carbonyl (C=O) groups excluding carboxylic acids is 2. The number of alkyl halides is 3. The van der Waals surface area contributed by atoms with Crippen molar-refractivity contribution < 1.29 is 22.8 Å². The van der Waals surface area contributed by atoms with Crippen LogP contribution < -0.4 is 10.6 Å². The van der Waals surface area contributed by atoms with Crippen LogP contribution in [-0.4, -0.2) is 21.6 Å². The van der Waals surface area contributed by atoms with Crippen molar-refractivity contribution in [2.75, 3.05) is 10.6 Å². The molecule has 3 aromatic rings. The van der Waals surface area contributed by atoms with Crippen LogP contribution in [0.3, 0.4) is 0 Å². The van der Waals surface area contributed by atoms with E-state index < -0.39 is 17.2 Å². The average molecular weight is 398 g/mol. The fourth-order valence-electron chi connectivity index (χ4n) is 4.04. The first-order chi connectivity index (χ1) is 13.8. The largest absolute Gasteiger partial charge is 0.416 e. The molecular weight excluding hydrogens is 385 g/mol. The number of anilines is 2. The first-order valence-electron chi connectivity index (χ1n) is 8.78. The van der Waals surface area contributed by atoms with E-state index >= 15 is 0 Å². The molecule has 3 heterocycles. The molecule has 1 aromatic heterocycles. The lowest BCUT2D eigenvalue weighted by Crippen LogP contribution is -2.43.